The second-order valence-electron chi connectivity index (χ2n) is 5.22. The standard InChI is InChI=1S/C19H18N2O2/c1-13-4-8-17(9-5-13)21-19(22)16(12-20)10-15-7-6-14(2)18(11-15)23-3/h4-11H,1-3H3,(H,21,22)/b16-10+. The van der Waals surface area contributed by atoms with Crippen molar-refractivity contribution in [2.75, 3.05) is 12.4 Å². The van der Waals surface area contributed by atoms with Crippen LogP contribution < -0.4 is 10.1 Å². The molecule has 0 unspecified atom stereocenters. The van der Waals surface area contributed by atoms with Crippen molar-refractivity contribution < 1.29 is 9.53 Å². The number of nitrogens with one attached hydrogen (secondary N) is 1. The molecule has 0 spiro atoms. The van der Waals surface area contributed by atoms with Crippen LogP contribution in [0.1, 0.15) is 16.7 Å². The van der Waals surface area contributed by atoms with Crippen molar-refractivity contribution in [1.82, 2.24) is 0 Å². The van der Waals surface area contributed by atoms with E-state index in [4.69, 9.17) is 4.74 Å². The van der Waals surface area contributed by atoms with Crippen LogP contribution >= 0.6 is 0 Å². The van der Waals surface area contributed by atoms with Gasteiger partial charge in [0.25, 0.3) is 5.91 Å². The van der Waals surface area contributed by atoms with Crippen LogP contribution in [-0.2, 0) is 4.79 Å². The highest BCUT2D eigenvalue weighted by molar-refractivity contribution is 6.09. The third-order valence-electron chi connectivity index (χ3n) is 3.42. The van der Waals surface area contributed by atoms with Crippen LogP contribution in [0.5, 0.6) is 5.75 Å². The number of carbonyl (C=O) groups is 1. The molecule has 0 aliphatic rings. The van der Waals surface area contributed by atoms with Crippen molar-refractivity contribution in [1.29, 1.82) is 5.26 Å². The van der Waals surface area contributed by atoms with Gasteiger partial charge in [0.1, 0.15) is 17.4 Å². The minimum Gasteiger partial charge on any atom is -0.496 e. The second-order valence-corrected chi connectivity index (χ2v) is 5.22. The Morgan fingerprint density at radius 1 is 1.17 bits per heavy atom. The molecule has 2 aromatic carbocycles. The first-order valence-corrected chi connectivity index (χ1v) is 7.18. The zero-order valence-corrected chi connectivity index (χ0v) is 13.4. The largest absolute Gasteiger partial charge is 0.496 e. The number of amides is 1. The van der Waals surface area contributed by atoms with Gasteiger partial charge in [-0.15, -0.1) is 0 Å². The van der Waals surface area contributed by atoms with Gasteiger partial charge in [0.05, 0.1) is 7.11 Å². The predicted octanol–water partition coefficient (Wildman–Crippen LogP) is 3.86. The van der Waals surface area contributed by atoms with Gasteiger partial charge in [-0.05, 0) is 49.2 Å². The Morgan fingerprint density at radius 2 is 1.87 bits per heavy atom. The number of rotatable bonds is 4. The Kier molecular flexibility index (Phi) is 5.16. The molecule has 0 heterocycles. The number of nitrogens with zero attached hydrogens (tertiary/aromatic N) is 1. The molecule has 0 aromatic heterocycles. The molecule has 0 saturated carbocycles. The van der Waals surface area contributed by atoms with Crippen molar-refractivity contribution in [3.8, 4) is 11.8 Å². The van der Waals surface area contributed by atoms with E-state index in [0.717, 1.165) is 22.4 Å². The smallest absolute Gasteiger partial charge is 0.266 e. The van der Waals surface area contributed by atoms with Gasteiger partial charge < -0.3 is 10.1 Å². The van der Waals surface area contributed by atoms with E-state index >= 15 is 0 Å². The first-order chi connectivity index (χ1) is 11.0. The maximum Gasteiger partial charge on any atom is 0.266 e. The summed E-state index contributed by atoms with van der Waals surface area (Å²) in [6.07, 6.45) is 1.55. The van der Waals surface area contributed by atoms with Crippen molar-refractivity contribution in [2.24, 2.45) is 0 Å². The summed E-state index contributed by atoms with van der Waals surface area (Å²) < 4.78 is 5.26. The van der Waals surface area contributed by atoms with Crippen LogP contribution in [0.25, 0.3) is 6.08 Å². The quantitative estimate of drug-likeness (QED) is 0.689. The third kappa shape index (κ3) is 4.21. The van der Waals surface area contributed by atoms with Gasteiger partial charge >= 0.3 is 0 Å². The molecule has 0 saturated heterocycles. The third-order valence-corrected chi connectivity index (χ3v) is 3.42. The monoisotopic (exact) mass is 306 g/mol. The highest BCUT2D eigenvalue weighted by Crippen LogP contribution is 2.21. The fourth-order valence-electron chi connectivity index (χ4n) is 2.08. The summed E-state index contributed by atoms with van der Waals surface area (Å²) in [5, 5.41) is 12.0. The van der Waals surface area contributed by atoms with Crippen LogP contribution in [-0.4, -0.2) is 13.0 Å². The van der Waals surface area contributed by atoms with Crippen molar-refractivity contribution >= 4 is 17.7 Å². The summed E-state index contributed by atoms with van der Waals surface area (Å²) in [6, 6.07) is 14.9. The van der Waals surface area contributed by atoms with E-state index in [9.17, 15) is 10.1 Å². The lowest BCUT2D eigenvalue weighted by Gasteiger charge is -2.07. The maximum atomic E-state index is 12.2. The lowest BCUT2D eigenvalue weighted by molar-refractivity contribution is -0.112. The number of nitriles is 1. The molecule has 2 rings (SSSR count). The van der Waals surface area contributed by atoms with E-state index in [1.54, 1.807) is 31.4 Å². The summed E-state index contributed by atoms with van der Waals surface area (Å²) in [7, 11) is 1.59. The van der Waals surface area contributed by atoms with Gasteiger partial charge in [-0.1, -0.05) is 29.8 Å². The van der Waals surface area contributed by atoms with Crippen molar-refractivity contribution in [3.63, 3.8) is 0 Å². The molecule has 1 amide bonds. The van der Waals surface area contributed by atoms with Crippen molar-refractivity contribution in [3.05, 3.63) is 64.7 Å². The van der Waals surface area contributed by atoms with Crippen molar-refractivity contribution in [2.45, 2.75) is 13.8 Å². The number of hydrogen-bond donors (Lipinski definition) is 1. The number of carbonyl (C=O) groups excluding carboxylic acids is 1. The Labute approximate surface area is 136 Å². The number of anilines is 1. The lowest BCUT2D eigenvalue weighted by atomic mass is 10.1. The molecule has 0 aliphatic heterocycles. The Balaban J connectivity index is 2.23. The molecule has 23 heavy (non-hydrogen) atoms. The number of aryl methyl sites for hydroxylation is 2. The topological polar surface area (TPSA) is 62.1 Å². The molecular weight excluding hydrogens is 288 g/mol. The number of methoxy groups -OCH3 is 1. The minimum absolute atomic E-state index is 0.0384. The zero-order chi connectivity index (χ0) is 16.8. The molecule has 0 atom stereocenters. The fraction of sp³-hybridized carbons (Fsp3) is 0.158. The van der Waals surface area contributed by atoms with E-state index in [1.165, 1.54) is 0 Å². The Hall–Kier alpha value is -3.06. The van der Waals surface area contributed by atoms with Gasteiger partial charge in [-0.3, -0.25) is 4.79 Å². The summed E-state index contributed by atoms with van der Waals surface area (Å²) in [6.45, 7) is 3.90. The molecule has 116 valence electrons. The van der Waals surface area contributed by atoms with E-state index < -0.39 is 5.91 Å². The molecule has 0 bridgehead atoms. The molecule has 2 aromatic rings. The Bertz CT molecular complexity index is 784. The molecule has 0 radical (unpaired) electrons. The number of hydrogen-bond acceptors (Lipinski definition) is 3. The SMILES string of the molecule is COc1cc(/C=C(\C#N)C(=O)Nc2ccc(C)cc2)ccc1C. The Morgan fingerprint density at radius 3 is 2.48 bits per heavy atom. The van der Waals surface area contributed by atoms with Gasteiger partial charge in [0.2, 0.25) is 0 Å². The molecule has 4 heteroatoms. The summed E-state index contributed by atoms with van der Waals surface area (Å²) in [5.74, 6) is 0.283. The van der Waals surface area contributed by atoms with Crippen LogP contribution in [0.2, 0.25) is 0 Å². The lowest BCUT2D eigenvalue weighted by Crippen LogP contribution is -2.13. The van der Waals surface area contributed by atoms with Crippen LogP contribution in [0.15, 0.2) is 48.0 Å². The van der Waals surface area contributed by atoms with Gasteiger partial charge in [0.15, 0.2) is 0 Å². The first kappa shape index (κ1) is 16.3. The molecule has 1 N–H and O–H groups in total. The van der Waals surface area contributed by atoms with Crippen LogP contribution in [0.3, 0.4) is 0 Å². The number of benzene rings is 2. The van der Waals surface area contributed by atoms with Gasteiger partial charge in [-0.2, -0.15) is 5.26 Å². The summed E-state index contributed by atoms with van der Waals surface area (Å²) in [4.78, 5) is 12.2. The van der Waals surface area contributed by atoms with E-state index in [2.05, 4.69) is 5.32 Å². The highest BCUT2D eigenvalue weighted by atomic mass is 16.5. The molecule has 0 aliphatic carbocycles. The first-order valence-electron chi connectivity index (χ1n) is 7.18. The van der Waals surface area contributed by atoms with E-state index in [1.807, 2.05) is 44.2 Å². The molecule has 4 nitrogen and oxygen atoms in total. The zero-order valence-electron chi connectivity index (χ0n) is 13.4. The van der Waals surface area contributed by atoms with Crippen LogP contribution in [0, 0.1) is 25.2 Å². The van der Waals surface area contributed by atoms with Gasteiger partial charge in [-0.25, -0.2) is 0 Å². The van der Waals surface area contributed by atoms with E-state index in [0.29, 0.717) is 5.69 Å². The summed E-state index contributed by atoms with van der Waals surface area (Å²) in [5.41, 5.74) is 3.53. The van der Waals surface area contributed by atoms with E-state index in [-0.39, 0.29) is 5.57 Å². The summed E-state index contributed by atoms with van der Waals surface area (Å²) >= 11 is 0. The molecule has 0 fully saturated rings. The maximum absolute atomic E-state index is 12.2. The fourth-order valence-corrected chi connectivity index (χ4v) is 2.08. The minimum atomic E-state index is -0.434. The second kappa shape index (κ2) is 7.28. The van der Waals surface area contributed by atoms with Crippen LogP contribution in [0.4, 0.5) is 5.69 Å². The average Bonchev–Trinajstić information content (AvgIpc) is 2.56. The van der Waals surface area contributed by atoms with Gasteiger partial charge in [0, 0.05) is 5.69 Å². The normalized spacial score (nSPS) is 10.8. The number of ether oxygens (including phenoxy) is 1. The average molecular weight is 306 g/mol. The predicted molar refractivity (Wildman–Crippen MR) is 91.1 cm³/mol. The highest BCUT2D eigenvalue weighted by Gasteiger charge is 2.10. The molecular formula is C19H18N2O2.